The molecule has 2 N–H and O–H groups in total. The summed E-state index contributed by atoms with van der Waals surface area (Å²) in [7, 11) is 0. The molecule has 0 aliphatic rings. The fourth-order valence-electron chi connectivity index (χ4n) is 0.617. The molecule has 17 heavy (non-hydrogen) atoms. The normalized spacial score (nSPS) is 8.53. The van der Waals surface area contributed by atoms with E-state index in [9.17, 15) is 0 Å². The van der Waals surface area contributed by atoms with Crippen molar-refractivity contribution in [1.82, 2.24) is 0 Å². The largest absolute Gasteiger partial charge is 0.481 e. The van der Waals surface area contributed by atoms with Crippen LogP contribution in [0.1, 0.15) is 40.5 Å². The highest BCUT2D eigenvalue weighted by Gasteiger charge is 1.82. The zero-order chi connectivity index (χ0) is 13.9. The van der Waals surface area contributed by atoms with Crippen LogP contribution in [0, 0.1) is 0 Å². The van der Waals surface area contributed by atoms with Crippen LogP contribution in [0.5, 0.6) is 0 Å². The van der Waals surface area contributed by atoms with Crippen LogP contribution in [0.3, 0.4) is 0 Å². The lowest BCUT2D eigenvalue weighted by atomic mass is 10.4. The van der Waals surface area contributed by atoms with Gasteiger partial charge in [0.25, 0.3) is 5.97 Å². The van der Waals surface area contributed by atoms with Gasteiger partial charge in [0.2, 0.25) is 0 Å². The van der Waals surface area contributed by atoms with Crippen molar-refractivity contribution in [2.24, 2.45) is 0 Å². The summed E-state index contributed by atoms with van der Waals surface area (Å²) in [4.78, 5) is 9.00. The van der Waals surface area contributed by atoms with Gasteiger partial charge in [-0.25, -0.2) is 0 Å². The van der Waals surface area contributed by atoms with Gasteiger partial charge in [0.15, 0.2) is 0 Å². The number of carbonyl (C=O) groups is 1. The second-order valence-corrected chi connectivity index (χ2v) is 2.99. The van der Waals surface area contributed by atoms with Gasteiger partial charge in [0, 0.05) is 26.7 Å². The van der Waals surface area contributed by atoms with E-state index in [4.69, 9.17) is 24.5 Å². The van der Waals surface area contributed by atoms with Crippen LogP contribution in [0.15, 0.2) is 0 Å². The number of aliphatic hydroxyl groups is 1. The maximum absolute atomic E-state index is 9.00. The number of ether oxygens (including phenoxy) is 2. The summed E-state index contributed by atoms with van der Waals surface area (Å²) in [5.74, 6) is -0.833. The Hall–Kier alpha value is -0.650. The van der Waals surface area contributed by atoms with E-state index in [0.29, 0.717) is 6.61 Å². The Morgan fingerprint density at radius 1 is 1.06 bits per heavy atom. The van der Waals surface area contributed by atoms with Gasteiger partial charge in [-0.15, -0.1) is 0 Å². The standard InChI is InChI=1S/C6H14O2.C4H10O.C2H4O2/c1-2-3-5-8-6-4-7;1-3-5-4-2;1-2(3)4/h7H,2-6H2,1H3;3-4H2,1-2H3;1H3,(H,3,4). The molecule has 0 fully saturated rings. The van der Waals surface area contributed by atoms with Crippen molar-refractivity contribution >= 4 is 5.97 Å². The summed E-state index contributed by atoms with van der Waals surface area (Å²) in [6.45, 7) is 10.3. The number of hydrogen-bond donors (Lipinski definition) is 2. The molecule has 0 radical (unpaired) electrons. The lowest BCUT2D eigenvalue weighted by Crippen LogP contribution is -1.99. The molecule has 0 aromatic carbocycles. The summed E-state index contributed by atoms with van der Waals surface area (Å²) in [5, 5.41) is 15.7. The predicted octanol–water partition coefficient (Wildman–Crippen LogP) is 1.93. The fourth-order valence-corrected chi connectivity index (χ4v) is 0.617. The third kappa shape index (κ3) is 67.8. The van der Waals surface area contributed by atoms with E-state index in [1.54, 1.807) is 0 Å². The Kier molecular flexibility index (Phi) is 31.2. The number of aliphatic carboxylic acids is 1. The van der Waals surface area contributed by atoms with E-state index in [0.717, 1.165) is 39.6 Å². The molecule has 0 rings (SSSR count). The monoisotopic (exact) mass is 252 g/mol. The van der Waals surface area contributed by atoms with Crippen LogP contribution in [0.2, 0.25) is 0 Å². The first kappa shape index (κ1) is 21.6. The Bertz CT molecular complexity index is 116. The van der Waals surface area contributed by atoms with Gasteiger partial charge in [-0.3, -0.25) is 4.79 Å². The minimum atomic E-state index is -0.833. The van der Waals surface area contributed by atoms with Crippen LogP contribution < -0.4 is 0 Å². The highest BCUT2D eigenvalue weighted by Crippen LogP contribution is 1.85. The van der Waals surface area contributed by atoms with Crippen LogP contribution >= 0.6 is 0 Å². The van der Waals surface area contributed by atoms with Gasteiger partial charge in [-0.05, 0) is 20.3 Å². The van der Waals surface area contributed by atoms with Crippen molar-refractivity contribution in [3.05, 3.63) is 0 Å². The SMILES string of the molecule is CC(=O)O.CCCCOCCO.CCOCC. The molecule has 0 aliphatic heterocycles. The summed E-state index contributed by atoms with van der Waals surface area (Å²) < 4.78 is 9.81. The zero-order valence-electron chi connectivity index (χ0n) is 11.6. The smallest absolute Gasteiger partial charge is 0.300 e. The summed E-state index contributed by atoms with van der Waals surface area (Å²) in [6, 6.07) is 0. The average Bonchev–Trinajstić information content (AvgIpc) is 2.26. The maximum Gasteiger partial charge on any atom is 0.300 e. The van der Waals surface area contributed by atoms with Crippen LogP contribution in [-0.2, 0) is 14.3 Å². The Balaban J connectivity index is -0.000000188. The summed E-state index contributed by atoms with van der Waals surface area (Å²) in [6.07, 6.45) is 2.26. The Labute approximate surface area is 105 Å². The average molecular weight is 252 g/mol. The highest BCUT2D eigenvalue weighted by molar-refractivity contribution is 5.62. The Morgan fingerprint density at radius 3 is 1.76 bits per heavy atom. The molecule has 5 nitrogen and oxygen atoms in total. The molecule has 0 aromatic heterocycles. The number of rotatable bonds is 7. The molecule has 0 saturated carbocycles. The Morgan fingerprint density at radius 2 is 1.53 bits per heavy atom. The first-order chi connectivity index (χ1) is 8.06. The van der Waals surface area contributed by atoms with E-state index in [1.165, 1.54) is 0 Å². The van der Waals surface area contributed by atoms with Gasteiger partial charge in [-0.1, -0.05) is 13.3 Å². The number of carboxylic acids is 1. The van der Waals surface area contributed by atoms with E-state index in [-0.39, 0.29) is 6.61 Å². The van der Waals surface area contributed by atoms with Gasteiger partial charge in [0.05, 0.1) is 13.2 Å². The molecular formula is C12H28O5. The number of aliphatic hydroxyl groups excluding tert-OH is 1. The first-order valence-corrected chi connectivity index (χ1v) is 6.02. The zero-order valence-corrected chi connectivity index (χ0v) is 11.6. The molecule has 0 heterocycles. The molecule has 0 aromatic rings. The third-order valence-corrected chi connectivity index (χ3v) is 1.29. The molecule has 0 unspecified atom stereocenters. The van der Waals surface area contributed by atoms with Crippen LogP contribution in [0.4, 0.5) is 0 Å². The molecule has 0 spiro atoms. The number of hydrogen-bond acceptors (Lipinski definition) is 4. The van der Waals surface area contributed by atoms with E-state index in [1.807, 2.05) is 13.8 Å². The van der Waals surface area contributed by atoms with E-state index in [2.05, 4.69) is 6.92 Å². The minimum absolute atomic E-state index is 0.143. The van der Waals surface area contributed by atoms with E-state index >= 15 is 0 Å². The minimum Gasteiger partial charge on any atom is -0.481 e. The molecule has 0 aliphatic carbocycles. The van der Waals surface area contributed by atoms with Gasteiger partial charge < -0.3 is 19.7 Å². The molecule has 0 amide bonds. The number of unbranched alkanes of at least 4 members (excludes halogenated alkanes) is 1. The molecular weight excluding hydrogens is 224 g/mol. The van der Waals surface area contributed by atoms with Crippen LogP contribution in [-0.4, -0.2) is 49.2 Å². The molecule has 5 heteroatoms. The van der Waals surface area contributed by atoms with Gasteiger partial charge in [0.1, 0.15) is 0 Å². The second kappa shape index (κ2) is 24.5. The number of carboxylic acid groups (broad SMARTS) is 1. The lowest BCUT2D eigenvalue weighted by Gasteiger charge is -1.97. The van der Waals surface area contributed by atoms with Crippen molar-refractivity contribution in [2.45, 2.75) is 40.5 Å². The first-order valence-electron chi connectivity index (χ1n) is 6.02. The van der Waals surface area contributed by atoms with Crippen molar-refractivity contribution < 1.29 is 24.5 Å². The van der Waals surface area contributed by atoms with Gasteiger partial charge >= 0.3 is 0 Å². The third-order valence-electron chi connectivity index (χ3n) is 1.29. The quantitative estimate of drug-likeness (QED) is 0.677. The summed E-state index contributed by atoms with van der Waals surface area (Å²) >= 11 is 0. The lowest BCUT2D eigenvalue weighted by molar-refractivity contribution is -0.134. The maximum atomic E-state index is 9.00. The fraction of sp³-hybridized carbons (Fsp3) is 0.917. The van der Waals surface area contributed by atoms with Crippen molar-refractivity contribution in [2.75, 3.05) is 33.0 Å². The van der Waals surface area contributed by atoms with Crippen molar-refractivity contribution in [3.63, 3.8) is 0 Å². The van der Waals surface area contributed by atoms with Gasteiger partial charge in [-0.2, -0.15) is 0 Å². The molecule has 0 atom stereocenters. The predicted molar refractivity (Wildman–Crippen MR) is 68.3 cm³/mol. The molecule has 0 saturated heterocycles. The molecule has 0 bridgehead atoms. The van der Waals surface area contributed by atoms with Crippen molar-refractivity contribution in [1.29, 1.82) is 0 Å². The second-order valence-electron chi connectivity index (χ2n) is 2.99. The summed E-state index contributed by atoms with van der Waals surface area (Å²) in [5.41, 5.74) is 0. The molecule has 106 valence electrons. The highest BCUT2D eigenvalue weighted by atomic mass is 16.5. The van der Waals surface area contributed by atoms with Crippen LogP contribution in [0.25, 0.3) is 0 Å². The van der Waals surface area contributed by atoms with E-state index < -0.39 is 5.97 Å². The van der Waals surface area contributed by atoms with Crippen molar-refractivity contribution in [3.8, 4) is 0 Å². The topological polar surface area (TPSA) is 76.0 Å².